The first-order valence-electron chi connectivity index (χ1n) is 8.63. The molecule has 3 nitrogen and oxygen atoms in total. The molecule has 1 rings (SSSR count). The van der Waals surface area contributed by atoms with E-state index < -0.39 is 5.79 Å². The molecule has 124 valence electrons. The summed E-state index contributed by atoms with van der Waals surface area (Å²) in [6, 6.07) is 0. The molecular weight excluding hydrogens is 264 g/mol. The minimum absolute atomic E-state index is 0.144. The average Bonchev–Trinajstić information content (AvgIpc) is 2.73. The van der Waals surface area contributed by atoms with Crippen LogP contribution in [0.25, 0.3) is 0 Å². The minimum Gasteiger partial charge on any atom is -0.396 e. The van der Waals surface area contributed by atoms with Crippen LogP contribution in [0, 0.1) is 0 Å². The Hall–Kier alpha value is -0.380. The molecule has 0 aromatic rings. The van der Waals surface area contributed by atoms with Crippen molar-refractivity contribution < 1.29 is 14.6 Å². The Bertz CT molecular complexity index is 299. The summed E-state index contributed by atoms with van der Waals surface area (Å²) in [6.45, 7) is 6.84. The fraction of sp³-hybridized carbons (Fsp3) is 0.889. The lowest BCUT2D eigenvalue weighted by molar-refractivity contribution is -0.163. The number of hydrogen-bond donors (Lipinski definition) is 1. The van der Waals surface area contributed by atoms with Crippen molar-refractivity contribution in [1.29, 1.82) is 0 Å². The van der Waals surface area contributed by atoms with Crippen molar-refractivity contribution in [2.75, 3.05) is 13.2 Å². The monoisotopic (exact) mass is 298 g/mol. The third-order valence-corrected chi connectivity index (χ3v) is 4.09. The van der Waals surface area contributed by atoms with Crippen LogP contribution < -0.4 is 0 Å². The molecule has 0 aliphatic carbocycles. The molecule has 1 N–H and O–H groups in total. The van der Waals surface area contributed by atoms with Crippen LogP contribution in [-0.4, -0.2) is 29.7 Å². The zero-order valence-corrected chi connectivity index (χ0v) is 14.2. The zero-order chi connectivity index (χ0) is 15.6. The van der Waals surface area contributed by atoms with E-state index in [2.05, 4.69) is 19.1 Å². The molecule has 0 aromatic carbocycles. The van der Waals surface area contributed by atoms with Crippen LogP contribution in [0.1, 0.15) is 78.6 Å². The molecule has 0 radical (unpaired) electrons. The van der Waals surface area contributed by atoms with Crippen molar-refractivity contribution in [3.05, 3.63) is 12.2 Å². The van der Waals surface area contributed by atoms with E-state index in [1.165, 1.54) is 38.5 Å². The highest BCUT2D eigenvalue weighted by Gasteiger charge is 2.44. The highest BCUT2D eigenvalue weighted by Crippen LogP contribution is 2.36. The van der Waals surface area contributed by atoms with E-state index in [9.17, 15) is 5.11 Å². The van der Waals surface area contributed by atoms with Crippen LogP contribution in [0.15, 0.2) is 12.2 Å². The first kappa shape index (κ1) is 18.7. The molecule has 0 saturated carbocycles. The van der Waals surface area contributed by atoms with Crippen LogP contribution in [0.3, 0.4) is 0 Å². The Balaban J connectivity index is 2.20. The van der Waals surface area contributed by atoms with Gasteiger partial charge < -0.3 is 14.6 Å². The van der Waals surface area contributed by atoms with Gasteiger partial charge in [0.2, 0.25) is 0 Å². The predicted molar refractivity (Wildman–Crippen MR) is 87.3 cm³/mol. The van der Waals surface area contributed by atoms with Gasteiger partial charge in [-0.25, -0.2) is 0 Å². The van der Waals surface area contributed by atoms with Gasteiger partial charge in [0.25, 0.3) is 0 Å². The second kappa shape index (κ2) is 9.60. The third-order valence-electron chi connectivity index (χ3n) is 4.09. The van der Waals surface area contributed by atoms with E-state index in [0.717, 1.165) is 12.8 Å². The molecular formula is C18H34O3. The van der Waals surface area contributed by atoms with Gasteiger partial charge >= 0.3 is 0 Å². The second-order valence-electron chi connectivity index (χ2n) is 6.68. The Kier molecular flexibility index (Phi) is 8.53. The summed E-state index contributed by atoms with van der Waals surface area (Å²) in [7, 11) is 0. The number of aliphatic hydroxyl groups excluding tert-OH is 1. The van der Waals surface area contributed by atoms with Crippen molar-refractivity contribution in [3.63, 3.8) is 0 Å². The number of aliphatic hydroxyl groups is 1. The van der Waals surface area contributed by atoms with E-state index in [-0.39, 0.29) is 12.2 Å². The van der Waals surface area contributed by atoms with E-state index >= 15 is 0 Å². The molecule has 3 heteroatoms. The maximum Gasteiger partial charge on any atom is 0.163 e. The molecule has 0 unspecified atom stereocenters. The van der Waals surface area contributed by atoms with Crippen LogP contribution in [0.4, 0.5) is 0 Å². The molecule has 1 aliphatic rings. The Morgan fingerprint density at radius 3 is 2.38 bits per heavy atom. The van der Waals surface area contributed by atoms with Gasteiger partial charge in [-0.2, -0.15) is 0 Å². The second-order valence-corrected chi connectivity index (χ2v) is 6.68. The highest BCUT2D eigenvalue weighted by atomic mass is 16.8. The highest BCUT2D eigenvalue weighted by molar-refractivity contribution is 4.96. The molecule has 0 amide bonds. The lowest BCUT2D eigenvalue weighted by Gasteiger charge is -2.27. The van der Waals surface area contributed by atoms with Crippen molar-refractivity contribution >= 4 is 0 Å². The van der Waals surface area contributed by atoms with Crippen molar-refractivity contribution in [3.8, 4) is 0 Å². The number of ether oxygens (including phenoxy) is 2. The summed E-state index contributed by atoms with van der Waals surface area (Å²) in [6.07, 6.45) is 15.1. The van der Waals surface area contributed by atoms with Crippen molar-refractivity contribution in [2.45, 2.75) is 89.9 Å². The Morgan fingerprint density at radius 1 is 1.05 bits per heavy atom. The van der Waals surface area contributed by atoms with E-state index in [1.54, 1.807) is 0 Å². The fourth-order valence-electron chi connectivity index (χ4n) is 2.87. The quantitative estimate of drug-likeness (QED) is 0.448. The van der Waals surface area contributed by atoms with E-state index in [0.29, 0.717) is 13.0 Å². The fourth-order valence-corrected chi connectivity index (χ4v) is 2.87. The molecule has 0 spiro atoms. The third kappa shape index (κ3) is 7.44. The predicted octanol–water partition coefficient (Wildman–Crippen LogP) is 4.59. The largest absolute Gasteiger partial charge is 0.396 e. The smallest absolute Gasteiger partial charge is 0.163 e. The van der Waals surface area contributed by atoms with E-state index in [4.69, 9.17) is 9.47 Å². The molecule has 1 aliphatic heterocycles. The number of hydrogen-bond acceptors (Lipinski definition) is 3. The van der Waals surface area contributed by atoms with E-state index in [1.807, 2.05) is 13.8 Å². The number of allylic oxidation sites excluding steroid dienone is 1. The Labute approximate surface area is 130 Å². The SMILES string of the molecule is CCCCCCCC/C=C\C[C@@]1(CCO)COC(C)(C)O1. The molecule has 1 fully saturated rings. The number of rotatable bonds is 11. The molecule has 1 saturated heterocycles. The Morgan fingerprint density at radius 2 is 1.76 bits per heavy atom. The van der Waals surface area contributed by atoms with Crippen LogP contribution in [0.5, 0.6) is 0 Å². The minimum atomic E-state index is -0.526. The summed E-state index contributed by atoms with van der Waals surface area (Å²) in [5.74, 6) is -0.526. The zero-order valence-electron chi connectivity index (χ0n) is 14.2. The van der Waals surface area contributed by atoms with Gasteiger partial charge in [0.05, 0.1) is 6.61 Å². The first-order chi connectivity index (χ1) is 10.0. The first-order valence-corrected chi connectivity index (χ1v) is 8.63. The molecule has 21 heavy (non-hydrogen) atoms. The number of unbranched alkanes of at least 4 members (excludes halogenated alkanes) is 6. The maximum atomic E-state index is 9.25. The normalized spacial score (nSPS) is 25.0. The lowest BCUT2D eigenvalue weighted by Crippen LogP contribution is -2.34. The van der Waals surface area contributed by atoms with Crippen molar-refractivity contribution in [1.82, 2.24) is 0 Å². The molecule has 0 aromatic heterocycles. The van der Waals surface area contributed by atoms with Crippen LogP contribution in [0.2, 0.25) is 0 Å². The molecule has 0 bridgehead atoms. The van der Waals surface area contributed by atoms with Crippen LogP contribution >= 0.6 is 0 Å². The summed E-state index contributed by atoms with van der Waals surface area (Å²) < 4.78 is 11.7. The molecule has 1 atom stereocenters. The standard InChI is InChI=1S/C18H34O3/c1-4-5-6-7-8-9-10-11-12-13-18(14-15-19)16-20-17(2,3)21-18/h11-12,19H,4-10,13-16H2,1-3H3/b12-11-/t18-/m1/s1. The summed E-state index contributed by atoms with van der Waals surface area (Å²) in [5.41, 5.74) is -0.337. The van der Waals surface area contributed by atoms with Gasteiger partial charge in [-0.1, -0.05) is 51.2 Å². The van der Waals surface area contributed by atoms with Gasteiger partial charge in [0.1, 0.15) is 5.60 Å². The van der Waals surface area contributed by atoms with Crippen LogP contribution in [-0.2, 0) is 9.47 Å². The van der Waals surface area contributed by atoms with Gasteiger partial charge in [-0.15, -0.1) is 0 Å². The van der Waals surface area contributed by atoms with Gasteiger partial charge in [-0.05, 0) is 33.1 Å². The topological polar surface area (TPSA) is 38.7 Å². The van der Waals surface area contributed by atoms with Gasteiger partial charge in [0.15, 0.2) is 5.79 Å². The summed E-state index contributed by atoms with van der Waals surface area (Å²) in [5, 5.41) is 9.25. The summed E-state index contributed by atoms with van der Waals surface area (Å²) >= 11 is 0. The maximum absolute atomic E-state index is 9.25. The average molecular weight is 298 g/mol. The van der Waals surface area contributed by atoms with Gasteiger partial charge in [0, 0.05) is 13.0 Å². The van der Waals surface area contributed by atoms with Crippen molar-refractivity contribution in [2.24, 2.45) is 0 Å². The summed E-state index contributed by atoms with van der Waals surface area (Å²) in [4.78, 5) is 0. The van der Waals surface area contributed by atoms with Gasteiger partial charge in [-0.3, -0.25) is 0 Å². The lowest BCUT2D eigenvalue weighted by atomic mass is 9.96. The molecule has 1 heterocycles.